The van der Waals surface area contributed by atoms with E-state index >= 15 is 0 Å². The molecule has 3 rings (SSSR count). The third-order valence-corrected chi connectivity index (χ3v) is 5.01. The van der Waals surface area contributed by atoms with Gasteiger partial charge in [-0.05, 0) is 49.2 Å². The summed E-state index contributed by atoms with van der Waals surface area (Å²) < 4.78 is 6.55. The highest BCUT2D eigenvalue weighted by Crippen LogP contribution is 2.30. The lowest BCUT2D eigenvalue weighted by Gasteiger charge is -2.09. The fourth-order valence-electron chi connectivity index (χ4n) is 3.27. The number of rotatable bonds is 4. The Kier molecular flexibility index (Phi) is 5.68. The minimum absolute atomic E-state index is 0.236. The molecule has 144 valence electrons. The fourth-order valence-corrected chi connectivity index (χ4v) is 3.50. The SMILES string of the molecule is COC(=O)c1ccc(Cn2nc(C)c(-c3ccc(C#N)c(Cl)c3)c2C)cc1C#N. The van der Waals surface area contributed by atoms with Crippen molar-refractivity contribution in [2.75, 3.05) is 7.11 Å². The van der Waals surface area contributed by atoms with Crippen LogP contribution >= 0.6 is 11.6 Å². The standard InChI is InChI=1S/C22H17ClN4O2/c1-13-21(16-5-6-17(10-24)20(23)9-16)14(2)27(26-13)12-15-4-7-19(22(28)29-3)18(8-15)11-25/h4-9H,12H2,1-3H3. The molecule has 0 saturated carbocycles. The molecular weight excluding hydrogens is 388 g/mol. The summed E-state index contributed by atoms with van der Waals surface area (Å²) in [6.45, 7) is 4.30. The number of halogens is 1. The molecule has 0 aliphatic rings. The van der Waals surface area contributed by atoms with Crippen molar-refractivity contribution in [3.8, 4) is 23.3 Å². The van der Waals surface area contributed by atoms with Crippen molar-refractivity contribution in [3.63, 3.8) is 0 Å². The van der Waals surface area contributed by atoms with Crippen molar-refractivity contribution in [2.45, 2.75) is 20.4 Å². The van der Waals surface area contributed by atoms with Crippen LogP contribution in [-0.4, -0.2) is 22.9 Å². The van der Waals surface area contributed by atoms with Crippen molar-refractivity contribution >= 4 is 17.6 Å². The van der Waals surface area contributed by atoms with Gasteiger partial charge >= 0.3 is 5.97 Å². The van der Waals surface area contributed by atoms with Gasteiger partial charge in [-0.3, -0.25) is 4.68 Å². The van der Waals surface area contributed by atoms with E-state index in [1.165, 1.54) is 7.11 Å². The van der Waals surface area contributed by atoms with Gasteiger partial charge in [-0.25, -0.2) is 4.79 Å². The van der Waals surface area contributed by atoms with E-state index in [4.69, 9.17) is 21.6 Å². The Labute approximate surface area is 173 Å². The zero-order valence-electron chi connectivity index (χ0n) is 16.2. The van der Waals surface area contributed by atoms with Crippen molar-refractivity contribution in [1.82, 2.24) is 9.78 Å². The number of nitriles is 2. The van der Waals surface area contributed by atoms with E-state index in [-0.39, 0.29) is 11.1 Å². The zero-order chi connectivity index (χ0) is 21.1. The number of esters is 1. The Hall–Kier alpha value is -3.61. The van der Waals surface area contributed by atoms with Crippen molar-refractivity contribution < 1.29 is 9.53 Å². The minimum Gasteiger partial charge on any atom is -0.465 e. The van der Waals surface area contributed by atoms with Crippen molar-refractivity contribution in [3.05, 3.63) is 75.1 Å². The first kappa shape index (κ1) is 20.1. The average molecular weight is 405 g/mol. The molecule has 7 heteroatoms. The normalized spacial score (nSPS) is 10.3. The smallest absolute Gasteiger partial charge is 0.339 e. The first-order valence-electron chi connectivity index (χ1n) is 8.75. The summed E-state index contributed by atoms with van der Waals surface area (Å²) in [5.74, 6) is -0.542. The van der Waals surface area contributed by atoms with E-state index in [9.17, 15) is 10.1 Å². The Bertz CT molecular complexity index is 1200. The van der Waals surface area contributed by atoms with Crippen LogP contribution in [0.4, 0.5) is 0 Å². The first-order chi connectivity index (χ1) is 13.9. The number of carbonyl (C=O) groups excluding carboxylic acids is 1. The van der Waals surface area contributed by atoms with E-state index in [0.29, 0.717) is 17.1 Å². The molecule has 6 nitrogen and oxygen atoms in total. The average Bonchev–Trinajstić information content (AvgIpc) is 3.00. The fraction of sp³-hybridized carbons (Fsp3) is 0.182. The number of aromatic nitrogens is 2. The lowest BCUT2D eigenvalue weighted by atomic mass is 10.0. The number of aryl methyl sites for hydroxylation is 1. The zero-order valence-corrected chi connectivity index (χ0v) is 16.9. The first-order valence-corrected chi connectivity index (χ1v) is 9.12. The van der Waals surface area contributed by atoms with Crippen LogP contribution in [0.5, 0.6) is 0 Å². The van der Waals surface area contributed by atoms with Crippen LogP contribution in [-0.2, 0) is 11.3 Å². The Morgan fingerprint density at radius 3 is 2.48 bits per heavy atom. The molecule has 29 heavy (non-hydrogen) atoms. The second kappa shape index (κ2) is 8.18. The Morgan fingerprint density at radius 2 is 1.86 bits per heavy atom. The predicted molar refractivity (Wildman–Crippen MR) is 108 cm³/mol. The highest BCUT2D eigenvalue weighted by atomic mass is 35.5. The van der Waals surface area contributed by atoms with E-state index in [1.54, 1.807) is 30.3 Å². The number of ether oxygens (including phenoxy) is 1. The van der Waals surface area contributed by atoms with Gasteiger partial charge in [0, 0.05) is 11.3 Å². The summed E-state index contributed by atoms with van der Waals surface area (Å²) >= 11 is 6.19. The number of benzene rings is 2. The second-order valence-electron chi connectivity index (χ2n) is 6.49. The highest BCUT2D eigenvalue weighted by molar-refractivity contribution is 6.32. The molecule has 1 heterocycles. The van der Waals surface area contributed by atoms with E-state index < -0.39 is 5.97 Å². The van der Waals surface area contributed by atoms with Gasteiger partial charge in [0.15, 0.2) is 0 Å². The van der Waals surface area contributed by atoms with E-state index in [2.05, 4.69) is 11.2 Å². The van der Waals surface area contributed by atoms with Gasteiger partial charge in [-0.1, -0.05) is 23.7 Å². The molecule has 3 aromatic rings. The third kappa shape index (κ3) is 3.85. The molecule has 0 atom stereocenters. The molecule has 2 aromatic carbocycles. The largest absolute Gasteiger partial charge is 0.465 e. The van der Waals surface area contributed by atoms with E-state index in [1.807, 2.05) is 30.7 Å². The molecular formula is C22H17ClN4O2. The maximum atomic E-state index is 11.8. The number of carbonyl (C=O) groups is 1. The quantitative estimate of drug-likeness (QED) is 0.601. The summed E-state index contributed by atoms with van der Waals surface area (Å²) in [6.07, 6.45) is 0. The van der Waals surface area contributed by atoms with Gasteiger partial charge in [-0.2, -0.15) is 15.6 Å². The summed E-state index contributed by atoms with van der Waals surface area (Å²) in [5.41, 5.74) is 5.35. The molecule has 0 N–H and O–H groups in total. The maximum absolute atomic E-state index is 11.8. The molecule has 0 radical (unpaired) electrons. The van der Waals surface area contributed by atoms with Crippen molar-refractivity contribution in [2.24, 2.45) is 0 Å². The van der Waals surface area contributed by atoms with Crippen LogP contribution in [0.25, 0.3) is 11.1 Å². The van der Waals surface area contributed by atoms with Gasteiger partial charge in [-0.15, -0.1) is 0 Å². The number of methoxy groups -OCH3 is 1. The molecule has 0 amide bonds. The summed E-state index contributed by atoms with van der Waals surface area (Å²) in [7, 11) is 1.28. The number of nitrogens with zero attached hydrogens (tertiary/aromatic N) is 4. The van der Waals surface area contributed by atoms with E-state index in [0.717, 1.165) is 28.1 Å². The molecule has 0 aliphatic carbocycles. The summed E-state index contributed by atoms with van der Waals surface area (Å²) in [5, 5.41) is 23.4. The van der Waals surface area contributed by atoms with Crippen LogP contribution in [0, 0.1) is 36.5 Å². The Balaban J connectivity index is 1.98. The summed E-state index contributed by atoms with van der Waals surface area (Å²) in [6, 6.07) is 14.4. The van der Waals surface area contributed by atoms with Crippen LogP contribution in [0.2, 0.25) is 5.02 Å². The molecule has 0 unspecified atom stereocenters. The summed E-state index contributed by atoms with van der Waals surface area (Å²) in [4.78, 5) is 11.8. The minimum atomic E-state index is -0.542. The van der Waals surface area contributed by atoms with Gasteiger partial charge in [0.1, 0.15) is 12.1 Å². The molecule has 1 aromatic heterocycles. The van der Waals surface area contributed by atoms with Crippen LogP contribution in [0.15, 0.2) is 36.4 Å². The van der Waals surface area contributed by atoms with Crippen LogP contribution in [0.1, 0.15) is 38.4 Å². The maximum Gasteiger partial charge on any atom is 0.339 e. The van der Waals surface area contributed by atoms with Gasteiger partial charge in [0.2, 0.25) is 0 Å². The highest BCUT2D eigenvalue weighted by Gasteiger charge is 2.17. The molecule has 0 saturated heterocycles. The lowest BCUT2D eigenvalue weighted by molar-refractivity contribution is 0.0600. The molecule has 0 bridgehead atoms. The van der Waals surface area contributed by atoms with Gasteiger partial charge < -0.3 is 4.74 Å². The predicted octanol–water partition coefficient (Wildman–Crippen LogP) is 4.40. The lowest BCUT2D eigenvalue weighted by Crippen LogP contribution is -2.07. The van der Waals surface area contributed by atoms with Gasteiger partial charge in [0.25, 0.3) is 0 Å². The molecule has 0 aliphatic heterocycles. The number of hydrogen-bond acceptors (Lipinski definition) is 5. The van der Waals surface area contributed by atoms with Crippen LogP contribution in [0.3, 0.4) is 0 Å². The second-order valence-corrected chi connectivity index (χ2v) is 6.90. The van der Waals surface area contributed by atoms with Crippen molar-refractivity contribution in [1.29, 1.82) is 10.5 Å². The topological polar surface area (TPSA) is 91.7 Å². The Morgan fingerprint density at radius 1 is 1.14 bits per heavy atom. The monoisotopic (exact) mass is 404 g/mol. The number of hydrogen-bond donors (Lipinski definition) is 0. The van der Waals surface area contributed by atoms with Crippen LogP contribution < -0.4 is 0 Å². The third-order valence-electron chi connectivity index (χ3n) is 4.70. The molecule has 0 spiro atoms. The molecule has 0 fully saturated rings. The van der Waals surface area contributed by atoms with Gasteiger partial charge in [0.05, 0.1) is 41.1 Å².